The summed E-state index contributed by atoms with van der Waals surface area (Å²) in [5, 5.41) is 2.09. The number of thiophene rings is 1. The zero-order valence-corrected chi connectivity index (χ0v) is 13.5. The van der Waals surface area contributed by atoms with Crippen molar-refractivity contribution in [3.63, 3.8) is 0 Å². The Labute approximate surface area is 131 Å². The lowest BCUT2D eigenvalue weighted by molar-refractivity contribution is 0.357. The molecule has 1 aliphatic heterocycles. The smallest absolute Gasteiger partial charge is 0.122 e. The van der Waals surface area contributed by atoms with Gasteiger partial charge < -0.3 is 4.74 Å². The molecule has 0 fully saturated rings. The number of hydrogen-bond acceptors (Lipinski definition) is 4. The Morgan fingerprint density at radius 1 is 1.40 bits per heavy atom. The Balaban J connectivity index is 1.66. The third-order valence-electron chi connectivity index (χ3n) is 3.61. The molecule has 1 aromatic heterocycles. The average Bonchev–Trinajstić information content (AvgIpc) is 3.08. The van der Waals surface area contributed by atoms with E-state index in [-0.39, 0.29) is 6.04 Å². The molecule has 2 aromatic rings. The molecule has 1 aliphatic rings. The number of benzene rings is 1. The fraction of sp³-hybridized carbons (Fsp3) is 0.333. The highest BCUT2D eigenvalue weighted by Crippen LogP contribution is 2.30. The zero-order valence-electron chi connectivity index (χ0n) is 11.1. The first kappa shape index (κ1) is 14.1. The second-order valence-corrected chi connectivity index (χ2v) is 6.82. The first-order chi connectivity index (χ1) is 9.76. The standard InChI is InChI=1S/C15H17BrN2OS/c16-12-8-15(20-9-12)13(18-17)3-1-10-2-4-14-11(7-10)5-6-19-14/h2,4,7-9,13,18H,1,3,5-6,17H2. The first-order valence-electron chi connectivity index (χ1n) is 6.71. The maximum absolute atomic E-state index is 5.69. The summed E-state index contributed by atoms with van der Waals surface area (Å²) < 4.78 is 6.65. The molecule has 2 heterocycles. The van der Waals surface area contributed by atoms with Gasteiger partial charge in [0, 0.05) is 21.2 Å². The average molecular weight is 353 g/mol. The van der Waals surface area contributed by atoms with Crippen molar-refractivity contribution in [1.82, 2.24) is 5.43 Å². The third kappa shape index (κ3) is 3.06. The van der Waals surface area contributed by atoms with Crippen molar-refractivity contribution in [1.29, 1.82) is 0 Å². The lowest BCUT2D eigenvalue weighted by Gasteiger charge is -2.14. The summed E-state index contributed by atoms with van der Waals surface area (Å²) in [6, 6.07) is 8.84. The molecule has 5 heteroatoms. The minimum absolute atomic E-state index is 0.204. The number of nitrogens with two attached hydrogens (primary N) is 1. The topological polar surface area (TPSA) is 47.3 Å². The van der Waals surface area contributed by atoms with E-state index >= 15 is 0 Å². The van der Waals surface area contributed by atoms with E-state index in [9.17, 15) is 0 Å². The van der Waals surface area contributed by atoms with Crippen LogP contribution >= 0.6 is 27.3 Å². The van der Waals surface area contributed by atoms with Crippen molar-refractivity contribution in [2.45, 2.75) is 25.3 Å². The lowest BCUT2D eigenvalue weighted by atomic mass is 10.0. The van der Waals surface area contributed by atoms with E-state index in [2.05, 4.69) is 51.0 Å². The van der Waals surface area contributed by atoms with E-state index in [1.54, 1.807) is 11.3 Å². The maximum atomic E-state index is 5.69. The van der Waals surface area contributed by atoms with Gasteiger partial charge in [0.05, 0.1) is 12.6 Å². The highest BCUT2D eigenvalue weighted by Gasteiger charge is 2.15. The number of rotatable bonds is 5. The van der Waals surface area contributed by atoms with E-state index < -0.39 is 0 Å². The predicted octanol–water partition coefficient (Wildman–Crippen LogP) is 3.58. The molecule has 0 saturated carbocycles. The van der Waals surface area contributed by atoms with E-state index in [0.717, 1.165) is 36.1 Å². The summed E-state index contributed by atoms with van der Waals surface area (Å²) in [6.07, 6.45) is 3.03. The molecule has 3 N–H and O–H groups in total. The molecule has 1 atom stereocenters. The van der Waals surface area contributed by atoms with Gasteiger partial charge in [0.25, 0.3) is 0 Å². The molecule has 0 aliphatic carbocycles. The van der Waals surface area contributed by atoms with Gasteiger partial charge in [-0.15, -0.1) is 11.3 Å². The van der Waals surface area contributed by atoms with E-state index in [0.29, 0.717) is 0 Å². The second-order valence-electron chi connectivity index (χ2n) is 4.97. The Kier molecular flexibility index (Phi) is 4.41. The molecule has 106 valence electrons. The molecule has 3 nitrogen and oxygen atoms in total. The zero-order chi connectivity index (χ0) is 13.9. The summed E-state index contributed by atoms with van der Waals surface area (Å²) in [4.78, 5) is 1.27. The van der Waals surface area contributed by atoms with Crippen LogP contribution in [0, 0.1) is 0 Å². The molecule has 0 saturated heterocycles. The fourth-order valence-corrected chi connectivity index (χ4v) is 4.07. The minimum atomic E-state index is 0.204. The van der Waals surface area contributed by atoms with Crippen molar-refractivity contribution in [2.24, 2.45) is 5.84 Å². The summed E-state index contributed by atoms with van der Waals surface area (Å²) in [5.41, 5.74) is 5.60. The van der Waals surface area contributed by atoms with Gasteiger partial charge in [-0.3, -0.25) is 11.3 Å². The van der Waals surface area contributed by atoms with Gasteiger partial charge >= 0.3 is 0 Å². The quantitative estimate of drug-likeness (QED) is 0.638. The van der Waals surface area contributed by atoms with Crippen LogP contribution in [0.5, 0.6) is 5.75 Å². The second kappa shape index (κ2) is 6.26. The van der Waals surface area contributed by atoms with Crippen LogP contribution in [0.3, 0.4) is 0 Å². The Morgan fingerprint density at radius 2 is 2.30 bits per heavy atom. The van der Waals surface area contributed by atoms with Crippen LogP contribution in [0.1, 0.15) is 28.5 Å². The molecule has 0 amide bonds. The van der Waals surface area contributed by atoms with Crippen molar-refractivity contribution in [2.75, 3.05) is 6.61 Å². The fourth-order valence-electron chi connectivity index (χ4n) is 2.53. The summed E-state index contributed by atoms with van der Waals surface area (Å²) in [6.45, 7) is 0.814. The highest BCUT2D eigenvalue weighted by atomic mass is 79.9. The number of hydrazine groups is 1. The highest BCUT2D eigenvalue weighted by molar-refractivity contribution is 9.10. The van der Waals surface area contributed by atoms with Gasteiger partial charge in [-0.05, 0) is 52.0 Å². The van der Waals surface area contributed by atoms with Gasteiger partial charge in [0.1, 0.15) is 5.75 Å². The van der Waals surface area contributed by atoms with E-state index in [4.69, 9.17) is 10.6 Å². The maximum Gasteiger partial charge on any atom is 0.122 e. The van der Waals surface area contributed by atoms with Crippen LogP contribution in [0.2, 0.25) is 0 Å². The van der Waals surface area contributed by atoms with E-state index in [1.807, 2.05) is 0 Å². The van der Waals surface area contributed by atoms with Gasteiger partial charge in [-0.25, -0.2) is 0 Å². The molecule has 20 heavy (non-hydrogen) atoms. The molecular weight excluding hydrogens is 336 g/mol. The number of halogens is 1. The molecular formula is C15H17BrN2OS. The van der Waals surface area contributed by atoms with Gasteiger partial charge in [-0.2, -0.15) is 0 Å². The van der Waals surface area contributed by atoms with Gasteiger partial charge in [0.15, 0.2) is 0 Å². The van der Waals surface area contributed by atoms with E-state index in [1.165, 1.54) is 16.0 Å². The number of aryl methyl sites for hydroxylation is 1. The molecule has 1 unspecified atom stereocenters. The Hall–Kier alpha value is -0.880. The largest absolute Gasteiger partial charge is 0.493 e. The van der Waals surface area contributed by atoms with Crippen LogP contribution < -0.4 is 16.0 Å². The van der Waals surface area contributed by atoms with Crippen LogP contribution in [-0.2, 0) is 12.8 Å². The van der Waals surface area contributed by atoms with Crippen LogP contribution in [0.4, 0.5) is 0 Å². The summed E-state index contributed by atoms with van der Waals surface area (Å²) in [5.74, 6) is 6.74. The number of nitrogens with one attached hydrogen (secondary N) is 1. The lowest BCUT2D eigenvalue weighted by Crippen LogP contribution is -2.27. The molecule has 0 spiro atoms. The predicted molar refractivity (Wildman–Crippen MR) is 86.0 cm³/mol. The van der Waals surface area contributed by atoms with Crippen molar-refractivity contribution < 1.29 is 4.74 Å². The SMILES string of the molecule is NNC(CCc1ccc2c(c1)CCO2)c1cc(Br)cs1. The third-order valence-corrected chi connectivity index (χ3v) is 5.42. The van der Waals surface area contributed by atoms with Gasteiger partial charge in [0.2, 0.25) is 0 Å². The summed E-state index contributed by atoms with van der Waals surface area (Å²) >= 11 is 5.22. The monoisotopic (exact) mass is 352 g/mol. The Morgan fingerprint density at radius 3 is 3.05 bits per heavy atom. The Bertz CT molecular complexity index is 599. The van der Waals surface area contributed by atoms with Crippen LogP contribution in [-0.4, -0.2) is 6.61 Å². The molecule has 3 rings (SSSR count). The van der Waals surface area contributed by atoms with Crippen LogP contribution in [0.25, 0.3) is 0 Å². The molecule has 0 bridgehead atoms. The number of ether oxygens (including phenoxy) is 1. The van der Waals surface area contributed by atoms with Crippen molar-refractivity contribution in [3.8, 4) is 5.75 Å². The van der Waals surface area contributed by atoms with Crippen molar-refractivity contribution in [3.05, 3.63) is 50.1 Å². The van der Waals surface area contributed by atoms with Crippen LogP contribution in [0.15, 0.2) is 34.1 Å². The van der Waals surface area contributed by atoms with Crippen molar-refractivity contribution >= 4 is 27.3 Å². The number of hydrogen-bond donors (Lipinski definition) is 2. The molecule has 0 radical (unpaired) electrons. The van der Waals surface area contributed by atoms with Gasteiger partial charge in [-0.1, -0.05) is 12.1 Å². The normalized spacial score (nSPS) is 14.9. The minimum Gasteiger partial charge on any atom is -0.493 e. The number of fused-ring (bicyclic) bond motifs is 1. The molecule has 1 aromatic carbocycles. The first-order valence-corrected chi connectivity index (χ1v) is 8.38. The summed E-state index contributed by atoms with van der Waals surface area (Å²) in [7, 11) is 0.